The van der Waals surface area contributed by atoms with Gasteiger partial charge < -0.3 is 4.42 Å². The van der Waals surface area contributed by atoms with E-state index >= 15 is 0 Å². The smallest absolute Gasteiger partial charge is 0.322 e. The molecule has 166 valence electrons. The third-order valence-corrected chi connectivity index (χ3v) is 6.45. The van der Waals surface area contributed by atoms with Crippen LogP contribution in [0.5, 0.6) is 0 Å². The molecule has 2 aromatic carbocycles. The van der Waals surface area contributed by atoms with Crippen LogP contribution >= 0.6 is 0 Å². The summed E-state index contributed by atoms with van der Waals surface area (Å²) in [5, 5.41) is 30.9. The topological polar surface area (TPSA) is 188 Å². The van der Waals surface area contributed by atoms with Gasteiger partial charge in [0.25, 0.3) is 17.3 Å². The predicted molar refractivity (Wildman–Crippen MR) is 110 cm³/mol. The van der Waals surface area contributed by atoms with Crippen LogP contribution in [0.2, 0.25) is 0 Å². The Morgan fingerprint density at radius 3 is 2.06 bits per heavy atom. The molecule has 0 radical (unpaired) electrons. The fraction of sp³-hybridized carbons (Fsp3) is 0.167. The fourth-order valence-electron chi connectivity index (χ4n) is 2.56. The van der Waals surface area contributed by atoms with Crippen molar-refractivity contribution in [1.29, 1.82) is 0 Å². The lowest BCUT2D eigenvalue weighted by Crippen LogP contribution is -2.13. The molecule has 0 bridgehead atoms. The first kappa shape index (κ1) is 22.5. The molecule has 0 aliphatic heterocycles. The summed E-state index contributed by atoms with van der Waals surface area (Å²) in [7, 11) is -3.46. The maximum atomic E-state index is 12.4. The molecule has 1 N–H and O–H groups in total. The van der Waals surface area contributed by atoms with Gasteiger partial charge in [-0.25, -0.2) is 8.42 Å². The number of rotatable bonds is 7. The summed E-state index contributed by atoms with van der Waals surface area (Å²) >= 11 is 0. The van der Waals surface area contributed by atoms with E-state index in [1.54, 1.807) is 13.8 Å². The summed E-state index contributed by atoms with van der Waals surface area (Å²) in [6.07, 6.45) is 0. The molecule has 3 aromatic rings. The molecule has 0 spiro atoms. The molecular weight excluding hydrogens is 446 g/mol. The molecule has 32 heavy (non-hydrogen) atoms. The van der Waals surface area contributed by atoms with Crippen LogP contribution in [0.15, 0.2) is 51.8 Å². The molecule has 13 nitrogen and oxygen atoms in total. The SMILES string of the molecule is CC(C)S(=O)(=O)c1ccc(-c2nnc(NC(=O)c3cc([N+](=O)[O-])cc([N+](=O)[O-])c3)o2)cc1. The minimum atomic E-state index is -3.46. The van der Waals surface area contributed by atoms with Crippen molar-refractivity contribution < 1.29 is 27.5 Å². The Balaban J connectivity index is 1.82. The van der Waals surface area contributed by atoms with Crippen molar-refractivity contribution in [1.82, 2.24) is 10.2 Å². The summed E-state index contributed by atoms with van der Waals surface area (Å²) in [5.41, 5.74) is -1.24. The Morgan fingerprint density at radius 1 is 1.00 bits per heavy atom. The molecule has 1 amide bonds. The number of hydrogen-bond donors (Lipinski definition) is 1. The van der Waals surface area contributed by atoms with Gasteiger partial charge in [0.1, 0.15) is 0 Å². The minimum Gasteiger partial charge on any atom is -0.403 e. The van der Waals surface area contributed by atoms with E-state index in [0.717, 1.165) is 18.2 Å². The van der Waals surface area contributed by atoms with Crippen LogP contribution in [0.4, 0.5) is 17.4 Å². The highest BCUT2D eigenvalue weighted by Gasteiger charge is 2.22. The van der Waals surface area contributed by atoms with Crippen LogP contribution in [0.25, 0.3) is 11.5 Å². The highest BCUT2D eigenvalue weighted by atomic mass is 32.2. The lowest BCUT2D eigenvalue weighted by Gasteiger charge is -2.07. The van der Waals surface area contributed by atoms with E-state index in [1.165, 1.54) is 24.3 Å². The zero-order chi connectivity index (χ0) is 23.6. The van der Waals surface area contributed by atoms with E-state index < -0.39 is 42.2 Å². The molecule has 14 heteroatoms. The van der Waals surface area contributed by atoms with Crippen LogP contribution in [0.3, 0.4) is 0 Å². The van der Waals surface area contributed by atoms with E-state index in [9.17, 15) is 33.4 Å². The lowest BCUT2D eigenvalue weighted by molar-refractivity contribution is -0.394. The number of anilines is 1. The van der Waals surface area contributed by atoms with Gasteiger partial charge in [0.2, 0.25) is 5.89 Å². The first-order valence-corrected chi connectivity index (χ1v) is 10.5. The zero-order valence-electron chi connectivity index (χ0n) is 16.6. The number of carbonyl (C=O) groups excluding carboxylic acids is 1. The molecule has 3 rings (SSSR count). The number of nitrogens with one attached hydrogen (secondary N) is 1. The molecule has 0 atom stereocenters. The predicted octanol–water partition coefficient (Wildman–Crippen LogP) is 2.99. The molecule has 0 unspecified atom stereocenters. The van der Waals surface area contributed by atoms with Gasteiger partial charge in [-0.3, -0.25) is 30.3 Å². The average Bonchev–Trinajstić information content (AvgIpc) is 3.21. The molecule has 0 aliphatic carbocycles. The highest BCUT2D eigenvalue weighted by Crippen LogP contribution is 2.25. The normalized spacial score (nSPS) is 11.3. The summed E-state index contributed by atoms with van der Waals surface area (Å²) in [6.45, 7) is 3.12. The number of nitro benzene ring substituents is 2. The molecular formula is C18H15N5O8S. The summed E-state index contributed by atoms with van der Waals surface area (Å²) in [5.74, 6) is -0.968. The van der Waals surface area contributed by atoms with Crippen molar-refractivity contribution in [3.8, 4) is 11.5 Å². The molecule has 1 aromatic heterocycles. The monoisotopic (exact) mass is 461 g/mol. The number of sulfone groups is 1. The van der Waals surface area contributed by atoms with E-state index in [0.29, 0.717) is 5.56 Å². The largest absolute Gasteiger partial charge is 0.403 e. The van der Waals surface area contributed by atoms with E-state index in [2.05, 4.69) is 15.5 Å². The minimum absolute atomic E-state index is 0.0289. The van der Waals surface area contributed by atoms with Gasteiger partial charge >= 0.3 is 6.01 Å². The number of non-ortho nitro benzene ring substituents is 2. The molecule has 0 aliphatic rings. The van der Waals surface area contributed by atoms with Crippen LogP contribution in [-0.2, 0) is 9.84 Å². The maximum absolute atomic E-state index is 12.4. The third kappa shape index (κ3) is 4.59. The Bertz CT molecular complexity index is 1280. The number of aromatic nitrogens is 2. The number of nitro groups is 2. The number of nitrogens with zero attached hydrogens (tertiary/aromatic N) is 4. The summed E-state index contributed by atoms with van der Waals surface area (Å²) < 4.78 is 29.7. The maximum Gasteiger partial charge on any atom is 0.322 e. The van der Waals surface area contributed by atoms with Gasteiger partial charge in [-0.2, -0.15) is 0 Å². The van der Waals surface area contributed by atoms with E-state index in [-0.39, 0.29) is 22.4 Å². The number of carbonyl (C=O) groups is 1. The quantitative estimate of drug-likeness (QED) is 0.404. The fourth-order valence-corrected chi connectivity index (χ4v) is 3.62. The van der Waals surface area contributed by atoms with Gasteiger partial charge in [0.05, 0.1) is 31.6 Å². The van der Waals surface area contributed by atoms with Crippen LogP contribution in [-0.4, -0.2) is 39.6 Å². The van der Waals surface area contributed by atoms with Crippen molar-refractivity contribution in [3.05, 3.63) is 68.3 Å². The number of hydrogen-bond acceptors (Lipinski definition) is 10. The summed E-state index contributed by atoms with van der Waals surface area (Å²) in [6, 6.07) is 7.78. The number of amides is 1. The van der Waals surface area contributed by atoms with Gasteiger partial charge in [-0.1, -0.05) is 5.10 Å². The molecule has 0 saturated carbocycles. The van der Waals surface area contributed by atoms with E-state index in [4.69, 9.17) is 4.42 Å². The second kappa shape index (κ2) is 8.50. The summed E-state index contributed by atoms with van der Waals surface area (Å²) in [4.78, 5) is 32.7. The molecule has 0 fully saturated rings. The third-order valence-electron chi connectivity index (χ3n) is 4.28. The molecule has 1 heterocycles. The van der Waals surface area contributed by atoms with Crippen molar-refractivity contribution >= 4 is 33.1 Å². The van der Waals surface area contributed by atoms with Gasteiger partial charge in [-0.05, 0) is 38.1 Å². The Hall–Kier alpha value is -4.20. The Labute approximate surface area is 180 Å². The average molecular weight is 461 g/mol. The van der Waals surface area contributed by atoms with Gasteiger partial charge in [0, 0.05) is 17.7 Å². The number of benzene rings is 2. The van der Waals surface area contributed by atoms with Crippen molar-refractivity contribution in [3.63, 3.8) is 0 Å². The van der Waals surface area contributed by atoms with Crippen LogP contribution in [0, 0.1) is 20.2 Å². The first-order valence-electron chi connectivity index (χ1n) is 8.92. The zero-order valence-corrected chi connectivity index (χ0v) is 17.4. The van der Waals surface area contributed by atoms with Gasteiger partial charge in [0.15, 0.2) is 9.84 Å². The van der Waals surface area contributed by atoms with Crippen molar-refractivity contribution in [2.45, 2.75) is 24.0 Å². The van der Waals surface area contributed by atoms with Gasteiger partial charge in [-0.15, -0.1) is 5.10 Å². The Kier molecular flexibility index (Phi) is 5.98. The van der Waals surface area contributed by atoms with Crippen LogP contribution < -0.4 is 5.32 Å². The highest BCUT2D eigenvalue weighted by molar-refractivity contribution is 7.92. The first-order chi connectivity index (χ1) is 15.0. The van der Waals surface area contributed by atoms with E-state index in [1.807, 2.05) is 0 Å². The lowest BCUT2D eigenvalue weighted by atomic mass is 10.1. The standard InChI is InChI=1S/C18H15N5O8S/c1-10(2)32(29,30)15-5-3-11(4-6-15)17-20-21-18(31-17)19-16(24)12-7-13(22(25)26)9-14(8-12)23(27)28/h3-10H,1-2H3,(H,19,21,24). The Morgan fingerprint density at radius 2 is 1.56 bits per heavy atom. The second-order valence-electron chi connectivity index (χ2n) is 6.74. The molecule has 0 saturated heterocycles. The van der Waals surface area contributed by atoms with Crippen molar-refractivity contribution in [2.24, 2.45) is 0 Å². The van der Waals surface area contributed by atoms with Crippen LogP contribution in [0.1, 0.15) is 24.2 Å². The second-order valence-corrected chi connectivity index (χ2v) is 9.24. The van der Waals surface area contributed by atoms with Crippen molar-refractivity contribution in [2.75, 3.05) is 5.32 Å².